The van der Waals surface area contributed by atoms with E-state index in [0.29, 0.717) is 0 Å². The second-order valence-corrected chi connectivity index (χ2v) is 2.54. The van der Waals surface area contributed by atoms with Gasteiger partial charge in [-0.2, -0.15) is 0 Å². The van der Waals surface area contributed by atoms with Crippen molar-refractivity contribution in [1.82, 2.24) is 16.0 Å². The molecule has 11 heavy (non-hydrogen) atoms. The minimum atomic E-state index is 0.911. The molecule has 0 aromatic heterocycles. The van der Waals surface area contributed by atoms with E-state index in [1.165, 1.54) is 0 Å². The Kier molecular flexibility index (Phi) is 3.75. The van der Waals surface area contributed by atoms with Gasteiger partial charge in [0.2, 0.25) is 0 Å². The number of hydrogen-bond acceptors (Lipinski definition) is 4. The summed E-state index contributed by atoms with van der Waals surface area (Å²) in [7, 11) is 1.96. The molecule has 1 aliphatic rings. The van der Waals surface area contributed by atoms with Crippen molar-refractivity contribution in [1.29, 1.82) is 0 Å². The van der Waals surface area contributed by atoms with Crippen molar-refractivity contribution in [2.45, 2.75) is 6.42 Å². The molecule has 0 unspecified atom stereocenters. The fraction of sp³-hybridized carbons (Fsp3) is 0.857. The van der Waals surface area contributed by atoms with E-state index in [2.05, 4.69) is 20.9 Å². The molecule has 0 saturated heterocycles. The van der Waals surface area contributed by atoms with Gasteiger partial charge in [-0.3, -0.25) is 4.99 Å². The summed E-state index contributed by atoms with van der Waals surface area (Å²) in [4.78, 5) is 4.21. The Hall–Kier alpha value is -0.770. The van der Waals surface area contributed by atoms with E-state index in [4.69, 9.17) is 0 Å². The Bertz CT molecular complexity index is 132. The lowest BCUT2D eigenvalue weighted by Gasteiger charge is -2.05. The maximum absolute atomic E-state index is 4.21. The summed E-state index contributed by atoms with van der Waals surface area (Å²) >= 11 is 0. The van der Waals surface area contributed by atoms with E-state index in [1.807, 2.05) is 7.05 Å². The first-order valence-corrected chi connectivity index (χ1v) is 4.10. The number of nitrogens with one attached hydrogen (secondary N) is 3. The van der Waals surface area contributed by atoms with Gasteiger partial charge in [-0.05, 0) is 20.0 Å². The fourth-order valence-electron chi connectivity index (χ4n) is 0.988. The Morgan fingerprint density at radius 1 is 1.55 bits per heavy atom. The van der Waals surface area contributed by atoms with Gasteiger partial charge in [-0.15, -0.1) is 0 Å². The molecule has 4 heteroatoms. The average molecular weight is 156 g/mol. The van der Waals surface area contributed by atoms with E-state index < -0.39 is 0 Å². The molecule has 0 bridgehead atoms. The second-order valence-electron chi connectivity index (χ2n) is 2.54. The topological polar surface area (TPSA) is 48.5 Å². The summed E-state index contributed by atoms with van der Waals surface area (Å²) in [6.07, 6.45) is 1.14. The zero-order chi connectivity index (χ0) is 7.94. The van der Waals surface area contributed by atoms with Crippen molar-refractivity contribution in [2.24, 2.45) is 4.99 Å². The van der Waals surface area contributed by atoms with Crippen LogP contribution in [0.25, 0.3) is 0 Å². The Morgan fingerprint density at radius 2 is 2.45 bits per heavy atom. The standard InChI is InChI=1S/C7H16N4/c1-8-3-2-4-9-7-10-5-6-11-7/h8H,2-6H2,1H3,(H2,9,10,11). The monoisotopic (exact) mass is 156 g/mol. The van der Waals surface area contributed by atoms with E-state index in [0.717, 1.165) is 38.6 Å². The van der Waals surface area contributed by atoms with Crippen LogP contribution in [0.4, 0.5) is 0 Å². The predicted octanol–water partition coefficient (Wildman–Crippen LogP) is -0.855. The smallest absolute Gasteiger partial charge is 0.191 e. The first-order valence-electron chi connectivity index (χ1n) is 4.10. The zero-order valence-corrected chi connectivity index (χ0v) is 6.98. The first-order chi connectivity index (χ1) is 5.43. The zero-order valence-electron chi connectivity index (χ0n) is 6.98. The lowest BCUT2D eigenvalue weighted by Crippen LogP contribution is -2.35. The molecule has 1 rings (SSSR count). The third-order valence-electron chi connectivity index (χ3n) is 1.57. The molecule has 1 heterocycles. The lowest BCUT2D eigenvalue weighted by molar-refractivity contribution is 0.698. The van der Waals surface area contributed by atoms with Crippen molar-refractivity contribution in [2.75, 3.05) is 33.2 Å². The molecule has 4 nitrogen and oxygen atoms in total. The van der Waals surface area contributed by atoms with Crippen LogP contribution in [0.3, 0.4) is 0 Å². The molecule has 64 valence electrons. The number of hydrogen-bond donors (Lipinski definition) is 3. The van der Waals surface area contributed by atoms with Gasteiger partial charge < -0.3 is 16.0 Å². The van der Waals surface area contributed by atoms with Crippen LogP contribution in [0.1, 0.15) is 6.42 Å². The van der Waals surface area contributed by atoms with Crippen LogP contribution in [0.15, 0.2) is 4.99 Å². The summed E-state index contributed by atoms with van der Waals surface area (Å²) in [6.45, 7) is 3.94. The van der Waals surface area contributed by atoms with Crippen LogP contribution >= 0.6 is 0 Å². The van der Waals surface area contributed by atoms with Crippen molar-refractivity contribution in [3.8, 4) is 0 Å². The van der Waals surface area contributed by atoms with E-state index in [1.54, 1.807) is 0 Å². The molecule has 0 radical (unpaired) electrons. The summed E-state index contributed by atoms with van der Waals surface area (Å²) in [5, 5.41) is 9.46. The van der Waals surface area contributed by atoms with Crippen molar-refractivity contribution >= 4 is 5.96 Å². The molecule has 0 aromatic rings. The third-order valence-corrected chi connectivity index (χ3v) is 1.57. The van der Waals surface area contributed by atoms with Crippen LogP contribution in [0.5, 0.6) is 0 Å². The fourth-order valence-corrected chi connectivity index (χ4v) is 0.988. The van der Waals surface area contributed by atoms with E-state index in [-0.39, 0.29) is 0 Å². The lowest BCUT2D eigenvalue weighted by atomic mass is 10.4. The van der Waals surface area contributed by atoms with Crippen LogP contribution < -0.4 is 16.0 Å². The van der Waals surface area contributed by atoms with E-state index in [9.17, 15) is 0 Å². The average Bonchev–Trinajstić information content (AvgIpc) is 2.50. The Morgan fingerprint density at radius 3 is 3.09 bits per heavy atom. The molecule has 0 fully saturated rings. The SMILES string of the molecule is CNCCCNC1=NCCN1. The Labute approximate surface area is 67.5 Å². The maximum Gasteiger partial charge on any atom is 0.191 e. The molecule has 0 atom stereocenters. The van der Waals surface area contributed by atoms with Crippen molar-refractivity contribution in [3.63, 3.8) is 0 Å². The molecular formula is C7H16N4. The van der Waals surface area contributed by atoms with Gasteiger partial charge in [0.25, 0.3) is 0 Å². The third kappa shape index (κ3) is 3.23. The highest BCUT2D eigenvalue weighted by molar-refractivity contribution is 5.81. The molecule has 3 N–H and O–H groups in total. The highest BCUT2D eigenvalue weighted by Crippen LogP contribution is 1.81. The Balaban J connectivity index is 1.94. The quantitative estimate of drug-likeness (QED) is 0.464. The highest BCUT2D eigenvalue weighted by atomic mass is 15.2. The van der Waals surface area contributed by atoms with Crippen LogP contribution in [0.2, 0.25) is 0 Å². The highest BCUT2D eigenvalue weighted by Gasteiger charge is 2.01. The number of guanidine groups is 1. The molecule has 0 saturated carbocycles. The van der Waals surface area contributed by atoms with Gasteiger partial charge in [0.1, 0.15) is 0 Å². The van der Waals surface area contributed by atoms with Gasteiger partial charge in [0, 0.05) is 13.1 Å². The number of rotatable bonds is 4. The van der Waals surface area contributed by atoms with Crippen LogP contribution in [-0.4, -0.2) is 39.2 Å². The van der Waals surface area contributed by atoms with Crippen LogP contribution in [-0.2, 0) is 0 Å². The molecular weight excluding hydrogens is 140 g/mol. The van der Waals surface area contributed by atoms with E-state index >= 15 is 0 Å². The summed E-state index contributed by atoms with van der Waals surface area (Å²) < 4.78 is 0. The molecule has 0 aliphatic carbocycles. The predicted molar refractivity (Wildman–Crippen MR) is 46.9 cm³/mol. The summed E-state index contributed by atoms with van der Waals surface area (Å²) in [5.74, 6) is 0.959. The maximum atomic E-state index is 4.21. The molecule has 1 aliphatic heterocycles. The molecule has 0 amide bonds. The molecule has 0 aromatic carbocycles. The summed E-state index contributed by atoms with van der Waals surface area (Å²) in [6, 6.07) is 0. The minimum Gasteiger partial charge on any atom is -0.356 e. The summed E-state index contributed by atoms with van der Waals surface area (Å²) in [5.41, 5.74) is 0. The van der Waals surface area contributed by atoms with Gasteiger partial charge in [-0.25, -0.2) is 0 Å². The van der Waals surface area contributed by atoms with Crippen molar-refractivity contribution < 1.29 is 0 Å². The second kappa shape index (κ2) is 4.96. The minimum absolute atomic E-state index is 0.911. The molecule has 0 spiro atoms. The van der Waals surface area contributed by atoms with Crippen LogP contribution in [0, 0.1) is 0 Å². The van der Waals surface area contributed by atoms with Gasteiger partial charge in [-0.1, -0.05) is 0 Å². The number of nitrogens with zero attached hydrogens (tertiary/aromatic N) is 1. The van der Waals surface area contributed by atoms with Gasteiger partial charge >= 0.3 is 0 Å². The van der Waals surface area contributed by atoms with Gasteiger partial charge in [0.05, 0.1) is 6.54 Å². The normalized spacial score (nSPS) is 15.9. The van der Waals surface area contributed by atoms with Gasteiger partial charge in [0.15, 0.2) is 5.96 Å². The number of aliphatic imine (C=N–C) groups is 1. The van der Waals surface area contributed by atoms with Crippen molar-refractivity contribution in [3.05, 3.63) is 0 Å². The largest absolute Gasteiger partial charge is 0.356 e. The first kappa shape index (κ1) is 8.33.